The molecule has 0 heterocycles. The van der Waals surface area contributed by atoms with Crippen LogP contribution >= 0.6 is 0 Å². The van der Waals surface area contributed by atoms with Crippen molar-refractivity contribution in [2.75, 3.05) is 6.61 Å². The van der Waals surface area contributed by atoms with Gasteiger partial charge in [0.25, 0.3) is 0 Å². The fourth-order valence-electron chi connectivity index (χ4n) is 2.68. The van der Waals surface area contributed by atoms with E-state index < -0.39 is 8.32 Å². The van der Waals surface area contributed by atoms with Gasteiger partial charge in [0.1, 0.15) is 0 Å². The molecule has 0 saturated carbocycles. The summed E-state index contributed by atoms with van der Waals surface area (Å²) in [7, 11) is -1.59. The number of hydrogen-bond donors (Lipinski definition) is 0. The molecule has 0 aliphatic heterocycles. The molecule has 0 aliphatic carbocycles. The van der Waals surface area contributed by atoms with Gasteiger partial charge in [-0.3, -0.25) is 0 Å². The molecule has 1 nitrogen and oxygen atoms in total. The molecule has 0 spiro atoms. The Balaban J connectivity index is 0. The molecule has 0 aromatic rings. The van der Waals surface area contributed by atoms with Gasteiger partial charge in [-0.1, -0.05) is 41.5 Å². The van der Waals surface area contributed by atoms with Gasteiger partial charge in [-0.05, 0) is 23.5 Å². The van der Waals surface area contributed by atoms with Crippen LogP contribution in [-0.4, -0.2) is 33.8 Å². The van der Waals surface area contributed by atoms with E-state index in [4.69, 9.17) is 4.43 Å². The fraction of sp³-hybridized carbons (Fsp3) is 0.909. The normalized spacial score (nSPS) is 12.4. The zero-order chi connectivity index (χ0) is 10.6. The summed E-state index contributed by atoms with van der Waals surface area (Å²) in [5, 5.41) is 0. The van der Waals surface area contributed by atoms with E-state index >= 15 is 0 Å². The molecule has 0 unspecified atom stereocenters. The summed E-state index contributed by atoms with van der Waals surface area (Å²) in [6, 6.07) is 0. The van der Waals surface area contributed by atoms with Crippen LogP contribution in [0.2, 0.25) is 16.6 Å². The number of rotatable bonds is 5. The first kappa shape index (κ1) is 17.2. The van der Waals surface area contributed by atoms with E-state index in [0.29, 0.717) is 23.2 Å². The van der Waals surface area contributed by atoms with E-state index in [0.717, 1.165) is 0 Å². The van der Waals surface area contributed by atoms with Crippen molar-refractivity contribution < 1.29 is 4.43 Å². The Labute approximate surface area is 103 Å². The molecular formula is C11H26LiOSi. The summed E-state index contributed by atoms with van der Waals surface area (Å²) in [5.41, 5.74) is 2.03. The van der Waals surface area contributed by atoms with Gasteiger partial charge in [0.2, 0.25) is 0 Å². The first-order chi connectivity index (χ1) is 5.89. The van der Waals surface area contributed by atoms with Gasteiger partial charge < -0.3 is 4.43 Å². The standard InChI is InChI=1S/C11H25OSi.Li.H/c1-8-12-13(9(2)3,10(4)5)11(6)7;;/h9-11H,1,8H2,2-7H3;;. The van der Waals surface area contributed by atoms with Crippen molar-refractivity contribution in [3.05, 3.63) is 6.92 Å². The monoisotopic (exact) mass is 209 g/mol. The molecule has 0 atom stereocenters. The van der Waals surface area contributed by atoms with Gasteiger partial charge >= 0.3 is 18.9 Å². The van der Waals surface area contributed by atoms with E-state index in [1.807, 2.05) is 0 Å². The molecule has 3 heteroatoms. The van der Waals surface area contributed by atoms with Crippen LogP contribution < -0.4 is 0 Å². The topological polar surface area (TPSA) is 9.23 Å². The Hall–Kier alpha value is 0.774. The molecule has 81 valence electrons. The van der Waals surface area contributed by atoms with Crippen LogP contribution in [-0.2, 0) is 4.43 Å². The third kappa shape index (κ3) is 3.41. The van der Waals surface area contributed by atoms with Gasteiger partial charge in [-0.25, -0.2) is 0 Å². The Bertz CT molecular complexity index is 124. The van der Waals surface area contributed by atoms with Gasteiger partial charge in [-0.15, -0.1) is 0 Å². The Kier molecular flexibility index (Phi) is 8.73. The van der Waals surface area contributed by atoms with Crippen LogP contribution in [0.4, 0.5) is 0 Å². The van der Waals surface area contributed by atoms with E-state index in [1.165, 1.54) is 0 Å². The molecule has 0 aromatic carbocycles. The molecule has 0 bridgehead atoms. The Morgan fingerprint density at radius 3 is 1.29 bits per heavy atom. The van der Waals surface area contributed by atoms with Crippen LogP contribution in [0.5, 0.6) is 0 Å². The average Bonchev–Trinajstić information content (AvgIpc) is 1.97. The zero-order valence-corrected chi connectivity index (χ0v) is 11.1. The second-order valence-corrected chi connectivity index (χ2v) is 10.1. The van der Waals surface area contributed by atoms with Gasteiger partial charge in [0.15, 0.2) is 8.32 Å². The molecule has 0 fully saturated rings. The second-order valence-electron chi connectivity index (χ2n) is 4.67. The van der Waals surface area contributed by atoms with E-state index in [1.54, 1.807) is 0 Å². The van der Waals surface area contributed by atoms with Crippen molar-refractivity contribution >= 4 is 27.2 Å². The third-order valence-electron chi connectivity index (χ3n) is 3.06. The maximum absolute atomic E-state index is 6.04. The van der Waals surface area contributed by atoms with Crippen molar-refractivity contribution in [3.8, 4) is 0 Å². The number of hydrogen-bond acceptors (Lipinski definition) is 1. The first-order valence-electron chi connectivity index (χ1n) is 5.32. The quantitative estimate of drug-likeness (QED) is 0.631. The van der Waals surface area contributed by atoms with E-state index in [9.17, 15) is 0 Å². The van der Waals surface area contributed by atoms with Crippen molar-refractivity contribution in [3.63, 3.8) is 0 Å². The summed E-state index contributed by atoms with van der Waals surface area (Å²) in [4.78, 5) is 0. The van der Waals surface area contributed by atoms with Crippen LogP contribution in [0, 0.1) is 6.92 Å². The molecule has 0 aliphatic rings. The third-order valence-corrected chi connectivity index (χ3v) is 9.18. The van der Waals surface area contributed by atoms with Crippen LogP contribution in [0.15, 0.2) is 0 Å². The molecule has 1 radical (unpaired) electrons. The zero-order valence-electron chi connectivity index (χ0n) is 10.1. The molecule has 0 saturated heterocycles. The van der Waals surface area contributed by atoms with Crippen molar-refractivity contribution in [1.29, 1.82) is 0 Å². The first-order valence-corrected chi connectivity index (χ1v) is 7.46. The van der Waals surface area contributed by atoms with Crippen molar-refractivity contribution in [2.45, 2.75) is 58.2 Å². The van der Waals surface area contributed by atoms with Gasteiger partial charge in [0, 0.05) is 6.61 Å². The molecule has 0 amide bonds. The van der Waals surface area contributed by atoms with Crippen molar-refractivity contribution in [2.24, 2.45) is 0 Å². The van der Waals surface area contributed by atoms with Gasteiger partial charge in [0.05, 0.1) is 0 Å². The Morgan fingerprint density at radius 2 is 1.21 bits per heavy atom. The average molecular weight is 209 g/mol. The molecule has 0 aromatic heterocycles. The van der Waals surface area contributed by atoms with E-state index in [-0.39, 0.29) is 18.9 Å². The van der Waals surface area contributed by atoms with Crippen LogP contribution in [0.25, 0.3) is 0 Å². The SMILES string of the molecule is [CH2]CO[Si](C(C)C)(C(C)C)C(C)C.[LiH]. The summed E-state index contributed by atoms with van der Waals surface area (Å²) in [6.07, 6.45) is 0. The van der Waals surface area contributed by atoms with Crippen molar-refractivity contribution in [1.82, 2.24) is 0 Å². The van der Waals surface area contributed by atoms with E-state index in [2.05, 4.69) is 48.5 Å². The molecule has 0 rings (SSSR count). The predicted molar refractivity (Wildman–Crippen MR) is 69.5 cm³/mol. The fourth-order valence-corrected chi connectivity index (χ4v) is 8.03. The van der Waals surface area contributed by atoms with Crippen LogP contribution in [0.3, 0.4) is 0 Å². The summed E-state index contributed by atoms with van der Waals surface area (Å²) in [5.74, 6) is 0. The second kappa shape index (κ2) is 7.11. The van der Waals surface area contributed by atoms with Crippen LogP contribution in [0.1, 0.15) is 41.5 Å². The predicted octanol–water partition coefficient (Wildman–Crippen LogP) is 3.36. The summed E-state index contributed by atoms with van der Waals surface area (Å²) in [6.45, 7) is 18.2. The minimum atomic E-state index is -1.59. The molecule has 14 heavy (non-hydrogen) atoms. The maximum atomic E-state index is 6.04. The minimum absolute atomic E-state index is 0. The van der Waals surface area contributed by atoms with Gasteiger partial charge in [-0.2, -0.15) is 0 Å². The Morgan fingerprint density at radius 1 is 0.929 bits per heavy atom. The molecule has 0 N–H and O–H groups in total. The summed E-state index contributed by atoms with van der Waals surface area (Å²) < 4.78 is 6.04. The molecular weight excluding hydrogens is 183 g/mol. The summed E-state index contributed by atoms with van der Waals surface area (Å²) >= 11 is 0.